The summed E-state index contributed by atoms with van der Waals surface area (Å²) in [5.41, 5.74) is 5.02. The molecule has 0 unspecified atom stereocenters. The van der Waals surface area contributed by atoms with Gasteiger partial charge in [-0.2, -0.15) is 10.4 Å². The Hall–Kier alpha value is -3.19. The first-order valence-corrected chi connectivity index (χ1v) is 7.83. The lowest BCUT2D eigenvalue weighted by atomic mass is 9.93. The normalized spacial score (nSPS) is 25.0. The third-order valence-corrected chi connectivity index (χ3v) is 4.24. The van der Waals surface area contributed by atoms with E-state index in [0.717, 1.165) is 0 Å². The lowest BCUT2D eigenvalue weighted by molar-refractivity contribution is -0.155. The van der Waals surface area contributed by atoms with Gasteiger partial charge in [-0.1, -0.05) is 0 Å². The number of anilines is 1. The minimum Gasteiger partial charge on any atom is -0.469 e. The molecule has 3 heterocycles. The molecule has 3 atom stereocenters. The number of rotatable bonds is 4. The summed E-state index contributed by atoms with van der Waals surface area (Å²) < 4.78 is 17.3. The Kier molecular flexibility index (Phi) is 4.48. The first kappa shape index (κ1) is 17.6. The monoisotopic (exact) mass is 359 g/mol. The van der Waals surface area contributed by atoms with E-state index in [2.05, 4.69) is 20.9 Å². The number of nitrogen functional groups attached to an aromatic ring is 1. The lowest BCUT2D eigenvalue weighted by Gasteiger charge is -2.26. The number of carbonyl (C=O) groups is 2. The smallest absolute Gasteiger partial charge is 0.308 e. The van der Waals surface area contributed by atoms with Crippen LogP contribution in [0.15, 0.2) is 18.5 Å². The quantitative estimate of drug-likeness (QED) is 0.763. The molecule has 2 N–H and O–H groups in total. The number of fused-ring (bicyclic) bond motifs is 1. The van der Waals surface area contributed by atoms with Gasteiger partial charge in [-0.05, 0) is 12.1 Å². The van der Waals surface area contributed by atoms with E-state index in [1.807, 2.05) is 0 Å². The van der Waals surface area contributed by atoms with Crippen LogP contribution < -0.4 is 5.73 Å². The molecule has 1 aliphatic rings. The Morgan fingerprint density at radius 2 is 2.31 bits per heavy atom. The minimum absolute atomic E-state index is 0.0713. The van der Waals surface area contributed by atoms with Crippen molar-refractivity contribution in [3.8, 4) is 6.07 Å². The van der Waals surface area contributed by atoms with E-state index in [9.17, 15) is 14.9 Å². The standard InChI is InChI=1S/C16H17N5O5/c1-9(22)25-13-5-10(6-14(23)24-2)26-16(13,7-17)12-4-3-11-15(18)19-8-20-21(11)12/h3-4,8,10,13H,5-6H2,1-2H3,(H2,18,19,20)/t10-,13+,16-/m0/s1. The van der Waals surface area contributed by atoms with Gasteiger partial charge >= 0.3 is 11.9 Å². The zero-order valence-corrected chi connectivity index (χ0v) is 14.2. The van der Waals surface area contributed by atoms with Crippen LogP contribution in [0.1, 0.15) is 25.5 Å². The highest BCUT2D eigenvalue weighted by Crippen LogP contribution is 2.42. The largest absolute Gasteiger partial charge is 0.469 e. The summed E-state index contributed by atoms with van der Waals surface area (Å²) in [6, 6.07) is 5.35. The summed E-state index contributed by atoms with van der Waals surface area (Å²) in [4.78, 5) is 27.1. The van der Waals surface area contributed by atoms with Crippen molar-refractivity contribution in [2.24, 2.45) is 0 Å². The number of carbonyl (C=O) groups excluding carboxylic acids is 2. The van der Waals surface area contributed by atoms with E-state index in [0.29, 0.717) is 11.2 Å². The molecule has 2 aromatic heterocycles. The van der Waals surface area contributed by atoms with Gasteiger partial charge in [0.05, 0.1) is 25.3 Å². The molecule has 10 nitrogen and oxygen atoms in total. The molecule has 0 saturated carbocycles. The van der Waals surface area contributed by atoms with Crippen LogP contribution in [0.25, 0.3) is 5.52 Å². The van der Waals surface area contributed by atoms with Crippen LogP contribution in [0.2, 0.25) is 0 Å². The number of nitriles is 1. The summed E-state index contributed by atoms with van der Waals surface area (Å²) >= 11 is 0. The lowest BCUT2D eigenvalue weighted by Crippen LogP contribution is -2.39. The average molecular weight is 359 g/mol. The maximum absolute atomic E-state index is 11.6. The predicted octanol–water partition coefficient (Wildman–Crippen LogP) is 0.314. The first-order valence-electron chi connectivity index (χ1n) is 7.83. The zero-order valence-electron chi connectivity index (χ0n) is 14.2. The van der Waals surface area contributed by atoms with Gasteiger partial charge in [0.15, 0.2) is 11.9 Å². The topological polar surface area (TPSA) is 142 Å². The number of aromatic nitrogens is 3. The van der Waals surface area contributed by atoms with E-state index in [1.54, 1.807) is 12.1 Å². The molecule has 1 fully saturated rings. The fraction of sp³-hybridized carbons (Fsp3) is 0.438. The Balaban J connectivity index is 2.08. The molecule has 26 heavy (non-hydrogen) atoms. The van der Waals surface area contributed by atoms with Gasteiger partial charge in [0.2, 0.25) is 5.60 Å². The number of esters is 2. The second-order valence-corrected chi connectivity index (χ2v) is 5.86. The number of methoxy groups -OCH3 is 1. The van der Waals surface area contributed by atoms with Gasteiger partial charge in [0, 0.05) is 13.3 Å². The molecular weight excluding hydrogens is 342 g/mol. The van der Waals surface area contributed by atoms with Gasteiger partial charge in [-0.3, -0.25) is 9.59 Å². The number of hydrogen-bond donors (Lipinski definition) is 1. The molecule has 2 aromatic rings. The van der Waals surface area contributed by atoms with Crippen LogP contribution in [0.4, 0.5) is 5.82 Å². The fourth-order valence-electron chi connectivity index (χ4n) is 3.13. The highest BCUT2D eigenvalue weighted by Gasteiger charge is 2.55. The van der Waals surface area contributed by atoms with E-state index in [1.165, 1.54) is 24.9 Å². The maximum atomic E-state index is 11.6. The number of nitrogens with zero attached hydrogens (tertiary/aromatic N) is 4. The van der Waals surface area contributed by atoms with Crippen LogP contribution in [-0.4, -0.2) is 45.9 Å². The van der Waals surface area contributed by atoms with Gasteiger partial charge in [0.25, 0.3) is 0 Å². The minimum atomic E-state index is -1.64. The molecule has 0 amide bonds. The molecule has 1 saturated heterocycles. The molecular formula is C16H17N5O5. The van der Waals surface area contributed by atoms with E-state index in [4.69, 9.17) is 15.2 Å². The Labute approximate surface area is 148 Å². The third-order valence-electron chi connectivity index (χ3n) is 4.24. The first-order chi connectivity index (χ1) is 12.4. The van der Waals surface area contributed by atoms with Crippen LogP contribution in [0.5, 0.6) is 0 Å². The summed E-state index contributed by atoms with van der Waals surface area (Å²) in [6.45, 7) is 1.24. The van der Waals surface area contributed by atoms with E-state index in [-0.39, 0.29) is 18.7 Å². The Bertz CT molecular complexity index is 904. The second-order valence-electron chi connectivity index (χ2n) is 5.86. The second kappa shape index (κ2) is 6.61. The van der Waals surface area contributed by atoms with E-state index < -0.39 is 29.7 Å². The molecule has 0 aromatic carbocycles. The number of ether oxygens (including phenoxy) is 3. The molecule has 0 spiro atoms. The number of nitrogens with two attached hydrogens (primary N) is 1. The molecule has 3 rings (SSSR count). The molecule has 0 radical (unpaired) electrons. The molecule has 0 bridgehead atoms. The highest BCUT2D eigenvalue weighted by atomic mass is 16.6. The van der Waals surface area contributed by atoms with Gasteiger partial charge in [-0.15, -0.1) is 0 Å². The Morgan fingerprint density at radius 3 is 2.96 bits per heavy atom. The highest BCUT2D eigenvalue weighted by molar-refractivity contribution is 5.70. The molecule has 136 valence electrons. The number of hydrogen-bond acceptors (Lipinski definition) is 9. The van der Waals surface area contributed by atoms with Gasteiger partial charge in [-0.25, -0.2) is 9.50 Å². The molecule has 1 aliphatic heterocycles. The summed E-state index contributed by atoms with van der Waals surface area (Å²) in [6.07, 6.45) is -0.239. The van der Waals surface area contributed by atoms with Crippen LogP contribution in [-0.2, 0) is 29.4 Å². The van der Waals surface area contributed by atoms with Crippen molar-refractivity contribution in [1.29, 1.82) is 5.26 Å². The Morgan fingerprint density at radius 1 is 1.54 bits per heavy atom. The summed E-state index contributed by atoms with van der Waals surface area (Å²) in [7, 11) is 1.26. The van der Waals surface area contributed by atoms with Crippen molar-refractivity contribution in [1.82, 2.24) is 14.6 Å². The van der Waals surface area contributed by atoms with Crippen LogP contribution in [0, 0.1) is 11.3 Å². The van der Waals surface area contributed by atoms with Crippen molar-refractivity contribution in [2.75, 3.05) is 12.8 Å². The van der Waals surface area contributed by atoms with Crippen molar-refractivity contribution < 1.29 is 23.8 Å². The van der Waals surface area contributed by atoms with Crippen molar-refractivity contribution in [3.63, 3.8) is 0 Å². The van der Waals surface area contributed by atoms with Crippen molar-refractivity contribution >= 4 is 23.3 Å². The summed E-state index contributed by atoms with van der Waals surface area (Å²) in [5, 5.41) is 14.1. The molecule has 0 aliphatic carbocycles. The third kappa shape index (κ3) is 2.82. The zero-order chi connectivity index (χ0) is 18.9. The van der Waals surface area contributed by atoms with Crippen molar-refractivity contribution in [2.45, 2.75) is 37.6 Å². The van der Waals surface area contributed by atoms with Crippen LogP contribution >= 0.6 is 0 Å². The van der Waals surface area contributed by atoms with Gasteiger partial charge < -0.3 is 19.9 Å². The fourth-order valence-corrected chi connectivity index (χ4v) is 3.13. The summed E-state index contributed by atoms with van der Waals surface area (Å²) in [5.74, 6) is -0.823. The van der Waals surface area contributed by atoms with Gasteiger partial charge in [0.1, 0.15) is 17.9 Å². The maximum Gasteiger partial charge on any atom is 0.308 e. The predicted molar refractivity (Wildman–Crippen MR) is 86.4 cm³/mol. The molecule has 10 heteroatoms. The van der Waals surface area contributed by atoms with Crippen molar-refractivity contribution in [3.05, 3.63) is 24.2 Å². The SMILES string of the molecule is COC(=O)C[C@@H]1C[C@@H](OC(C)=O)[C@](C#N)(c2ccc3c(N)ncnn23)O1. The van der Waals surface area contributed by atoms with Crippen LogP contribution in [0.3, 0.4) is 0 Å². The average Bonchev–Trinajstić information content (AvgIpc) is 3.17. The van der Waals surface area contributed by atoms with E-state index >= 15 is 0 Å².